The fraction of sp³-hybridized carbons (Fsp3) is 0.643. The van der Waals surface area contributed by atoms with Crippen LogP contribution in [0.3, 0.4) is 0 Å². The molecule has 0 aliphatic heterocycles. The zero-order valence-electron chi connectivity index (χ0n) is 10.4. The summed E-state index contributed by atoms with van der Waals surface area (Å²) in [6.45, 7) is 2.42. The molecule has 0 aromatic carbocycles. The quantitative estimate of drug-likeness (QED) is 0.782. The van der Waals surface area contributed by atoms with Crippen LogP contribution in [-0.2, 0) is 6.42 Å². The Balaban J connectivity index is 1.80. The van der Waals surface area contributed by atoms with E-state index in [2.05, 4.69) is 16.0 Å². The van der Waals surface area contributed by atoms with Gasteiger partial charge in [-0.2, -0.15) is 0 Å². The van der Waals surface area contributed by atoms with Gasteiger partial charge in [0.05, 0.1) is 0 Å². The maximum atomic E-state index is 8.94. The first-order chi connectivity index (χ1) is 8.40. The van der Waals surface area contributed by atoms with E-state index in [0.29, 0.717) is 6.61 Å². The lowest BCUT2D eigenvalue weighted by molar-refractivity contribution is 0.118. The predicted molar refractivity (Wildman–Crippen MR) is 68.9 cm³/mol. The molecule has 3 heteroatoms. The molecule has 0 bridgehead atoms. The molecule has 0 atom stereocenters. The van der Waals surface area contributed by atoms with Crippen LogP contribution in [0.15, 0.2) is 24.5 Å². The number of aromatic nitrogens is 1. The monoisotopic (exact) mass is 234 g/mol. The molecule has 1 fully saturated rings. The molecule has 0 radical (unpaired) electrons. The summed E-state index contributed by atoms with van der Waals surface area (Å²) in [4.78, 5) is 6.68. The van der Waals surface area contributed by atoms with Crippen molar-refractivity contribution < 1.29 is 5.11 Å². The average molecular weight is 234 g/mol. The first-order valence-electron chi connectivity index (χ1n) is 6.64. The van der Waals surface area contributed by atoms with Gasteiger partial charge in [0, 0.05) is 38.1 Å². The van der Waals surface area contributed by atoms with Crippen molar-refractivity contribution in [3.63, 3.8) is 0 Å². The van der Waals surface area contributed by atoms with Gasteiger partial charge in [0.2, 0.25) is 0 Å². The van der Waals surface area contributed by atoms with Gasteiger partial charge in [-0.3, -0.25) is 9.88 Å². The van der Waals surface area contributed by atoms with Crippen LogP contribution < -0.4 is 0 Å². The Morgan fingerprint density at radius 1 is 1.35 bits per heavy atom. The lowest BCUT2D eigenvalue weighted by Gasteiger charge is -2.37. The van der Waals surface area contributed by atoms with Crippen molar-refractivity contribution in [3.8, 4) is 0 Å². The van der Waals surface area contributed by atoms with Crippen LogP contribution in [0.2, 0.25) is 0 Å². The molecule has 1 aromatic rings. The molecule has 1 saturated carbocycles. The minimum Gasteiger partial charge on any atom is -0.396 e. The summed E-state index contributed by atoms with van der Waals surface area (Å²) >= 11 is 0. The third kappa shape index (κ3) is 3.79. The van der Waals surface area contributed by atoms with E-state index in [-0.39, 0.29) is 0 Å². The molecule has 1 aliphatic rings. The van der Waals surface area contributed by atoms with E-state index in [9.17, 15) is 0 Å². The minimum absolute atomic E-state index is 0.302. The summed E-state index contributed by atoms with van der Waals surface area (Å²) in [5.74, 6) is 0. The maximum Gasteiger partial charge on any atom is 0.0443 e. The molecule has 3 nitrogen and oxygen atoms in total. The van der Waals surface area contributed by atoms with E-state index in [1.165, 1.54) is 24.8 Å². The topological polar surface area (TPSA) is 36.4 Å². The number of nitrogens with zero attached hydrogens (tertiary/aromatic N) is 2. The van der Waals surface area contributed by atoms with Crippen molar-refractivity contribution in [2.24, 2.45) is 0 Å². The lowest BCUT2D eigenvalue weighted by atomic mass is 9.91. The molecule has 1 N–H and O–H groups in total. The van der Waals surface area contributed by atoms with Gasteiger partial charge in [-0.1, -0.05) is 12.5 Å². The third-order valence-electron chi connectivity index (χ3n) is 3.61. The van der Waals surface area contributed by atoms with Crippen molar-refractivity contribution in [3.05, 3.63) is 30.1 Å². The summed E-state index contributed by atoms with van der Waals surface area (Å²) in [7, 11) is 0. The first-order valence-corrected chi connectivity index (χ1v) is 6.64. The summed E-state index contributed by atoms with van der Waals surface area (Å²) < 4.78 is 0. The molecule has 0 unspecified atom stereocenters. The highest BCUT2D eigenvalue weighted by atomic mass is 16.3. The van der Waals surface area contributed by atoms with Gasteiger partial charge in [-0.05, 0) is 37.3 Å². The smallest absolute Gasteiger partial charge is 0.0443 e. The van der Waals surface area contributed by atoms with E-state index in [1.54, 1.807) is 0 Å². The molecule has 17 heavy (non-hydrogen) atoms. The summed E-state index contributed by atoms with van der Waals surface area (Å²) in [6, 6.07) is 4.90. The third-order valence-corrected chi connectivity index (χ3v) is 3.61. The van der Waals surface area contributed by atoms with Crippen LogP contribution in [0.4, 0.5) is 0 Å². The Hall–Kier alpha value is -0.930. The molecule has 0 spiro atoms. The largest absolute Gasteiger partial charge is 0.396 e. The van der Waals surface area contributed by atoms with Crippen molar-refractivity contribution in [2.45, 2.75) is 38.1 Å². The van der Waals surface area contributed by atoms with E-state index in [4.69, 9.17) is 5.11 Å². The number of hydrogen-bond donors (Lipinski definition) is 1. The van der Waals surface area contributed by atoms with Crippen LogP contribution in [0, 0.1) is 0 Å². The van der Waals surface area contributed by atoms with E-state index >= 15 is 0 Å². The molecule has 94 valence electrons. The average Bonchev–Trinajstić information content (AvgIpc) is 2.31. The van der Waals surface area contributed by atoms with Crippen LogP contribution in [0.25, 0.3) is 0 Å². The van der Waals surface area contributed by atoms with Gasteiger partial charge >= 0.3 is 0 Å². The Morgan fingerprint density at radius 3 is 2.82 bits per heavy atom. The van der Waals surface area contributed by atoms with Crippen LogP contribution in [0.1, 0.15) is 31.2 Å². The molecule has 1 heterocycles. The normalized spacial score (nSPS) is 16.1. The highest BCUT2D eigenvalue weighted by molar-refractivity contribution is 5.08. The Bertz CT molecular complexity index is 311. The second-order valence-electron chi connectivity index (χ2n) is 4.81. The van der Waals surface area contributed by atoms with Crippen LogP contribution in [-0.4, -0.2) is 40.7 Å². The van der Waals surface area contributed by atoms with Crippen molar-refractivity contribution in [1.29, 1.82) is 0 Å². The molecule has 1 aliphatic carbocycles. The fourth-order valence-corrected chi connectivity index (χ4v) is 2.32. The lowest BCUT2D eigenvalue weighted by Crippen LogP contribution is -2.42. The van der Waals surface area contributed by atoms with Gasteiger partial charge in [-0.25, -0.2) is 0 Å². The van der Waals surface area contributed by atoms with Crippen molar-refractivity contribution >= 4 is 0 Å². The van der Waals surface area contributed by atoms with Crippen molar-refractivity contribution in [2.75, 3.05) is 19.7 Å². The second-order valence-corrected chi connectivity index (χ2v) is 4.81. The molecular formula is C14H22N2O. The summed E-state index contributed by atoms with van der Waals surface area (Å²) in [6.07, 6.45) is 9.76. The zero-order valence-corrected chi connectivity index (χ0v) is 10.4. The fourth-order valence-electron chi connectivity index (χ4n) is 2.32. The Kier molecular flexibility index (Phi) is 4.95. The molecule has 0 saturated heterocycles. The first kappa shape index (κ1) is 12.5. The second kappa shape index (κ2) is 6.72. The Labute approximate surface area is 103 Å². The molecule has 1 aromatic heterocycles. The minimum atomic E-state index is 0.302. The van der Waals surface area contributed by atoms with E-state index < -0.39 is 0 Å². The standard InChI is InChI=1S/C14H22N2O/c17-11-3-9-16(14-5-1-6-14)10-7-13-4-2-8-15-12-13/h2,4,8,12,14,17H,1,3,5-7,9-11H2. The van der Waals surface area contributed by atoms with Crippen LogP contribution in [0.5, 0.6) is 0 Å². The zero-order chi connectivity index (χ0) is 11.9. The van der Waals surface area contributed by atoms with Gasteiger partial charge < -0.3 is 5.11 Å². The number of pyridine rings is 1. The molecule has 2 rings (SSSR count). The highest BCUT2D eigenvalue weighted by Gasteiger charge is 2.23. The Morgan fingerprint density at radius 2 is 2.24 bits per heavy atom. The van der Waals surface area contributed by atoms with Crippen LogP contribution >= 0.6 is 0 Å². The summed E-state index contributed by atoms with van der Waals surface area (Å²) in [5.41, 5.74) is 1.31. The number of aliphatic hydroxyl groups is 1. The predicted octanol–water partition coefficient (Wildman–Crippen LogP) is 1.86. The van der Waals surface area contributed by atoms with Gasteiger partial charge in [0.25, 0.3) is 0 Å². The summed E-state index contributed by atoms with van der Waals surface area (Å²) in [5, 5.41) is 8.94. The van der Waals surface area contributed by atoms with Gasteiger partial charge in [0.1, 0.15) is 0 Å². The number of rotatable bonds is 7. The van der Waals surface area contributed by atoms with E-state index in [0.717, 1.165) is 32.0 Å². The maximum absolute atomic E-state index is 8.94. The van der Waals surface area contributed by atoms with Crippen molar-refractivity contribution in [1.82, 2.24) is 9.88 Å². The highest BCUT2D eigenvalue weighted by Crippen LogP contribution is 2.25. The molecular weight excluding hydrogens is 212 g/mol. The molecule has 0 amide bonds. The van der Waals surface area contributed by atoms with Gasteiger partial charge in [-0.15, -0.1) is 0 Å². The number of aliphatic hydroxyl groups excluding tert-OH is 1. The van der Waals surface area contributed by atoms with Gasteiger partial charge in [0.15, 0.2) is 0 Å². The SMILES string of the molecule is OCCCN(CCc1cccnc1)C1CCC1. The van der Waals surface area contributed by atoms with E-state index in [1.807, 2.05) is 18.5 Å². The number of hydrogen-bond acceptors (Lipinski definition) is 3.